The fourth-order valence-electron chi connectivity index (χ4n) is 4.63. The van der Waals surface area contributed by atoms with Gasteiger partial charge in [0.1, 0.15) is 6.61 Å². The highest BCUT2D eigenvalue weighted by Gasteiger charge is 2.47. The van der Waals surface area contributed by atoms with Crippen LogP contribution in [0, 0.1) is 0 Å². The number of amides is 1. The number of nitrogens with one attached hydrogen (secondary N) is 1. The number of halogens is 1. The van der Waals surface area contributed by atoms with Crippen molar-refractivity contribution in [3.63, 3.8) is 0 Å². The molecule has 5 rings (SSSR count). The molecule has 1 aliphatic carbocycles. The van der Waals surface area contributed by atoms with Crippen LogP contribution in [0.3, 0.4) is 0 Å². The number of rotatable bonds is 4. The average molecular weight is 494 g/mol. The molecule has 0 saturated carbocycles. The molecule has 1 aliphatic heterocycles. The molecule has 32 heavy (non-hydrogen) atoms. The Hall–Kier alpha value is -3.16. The quantitative estimate of drug-likeness (QED) is 0.545. The first-order valence-electron chi connectivity index (χ1n) is 10.2. The first kappa shape index (κ1) is 20.7. The number of carboxylic acids is 1. The van der Waals surface area contributed by atoms with Gasteiger partial charge in [-0.3, -0.25) is 5.32 Å². The van der Waals surface area contributed by atoms with E-state index in [1.807, 2.05) is 36.4 Å². The van der Waals surface area contributed by atoms with Crippen LogP contribution in [0.1, 0.15) is 28.2 Å². The summed E-state index contributed by atoms with van der Waals surface area (Å²) in [5.74, 6) is -1.31. The van der Waals surface area contributed by atoms with Gasteiger partial charge in [0.2, 0.25) is 0 Å². The third-order valence-corrected chi connectivity index (χ3v) is 6.62. The van der Waals surface area contributed by atoms with Crippen LogP contribution in [-0.4, -0.2) is 30.4 Å². The predicted molar refractivity (Wildman–Crippen MR) is 121 cm³/mol. The van der Waals surface area contributed by atoms with Gasteiger partial charge in [-0.15, -0.1) is 0 Å². The molecular weight excluding hydrogens is 474 g/mol. The van der Waals surface area contributed by atoms with Crippen molar-refractivity contribution in [2.24, 2.45) is 0 Å². The van der Waals surface area contributed by atoms with E-state index in [-0.39, 0.29) is 25.7 Å². The summed E-state index contributed by atoms with van der Waals surface area (Å²) >= 11 is 3.39. The summed E-state index contributed by atoms with van der Waals surface area (Å²) in [6, 6.07) is 21.3. The molecular formula is C25H20BrNO5. The van der Waals surface area contributed by atoms with Gasteiger partial charge in [0.25, 0.3) is 0 Å². The van der Waals surface area contributed by atoms with Crippen LogP contribution >= 0.6 is 15.9 Å². The van der Waals surface area contributed by atoms with Crippen LogP contribution in [0.4, 0.5) is 4.79 Å². The molecule has 1 atom stereocenters. The second-order valence-corrected chi connectivity index (χ2v) is 8.87. The number of carbonyl (C=O) groups is 2. The maximum Gasteiger partial charge on any atom is 0.408 e. The van der Waals surface area contributed by atoms with E-state index in [9.17, 15) is 14.7 Å². The molecule has 162 valence electrons. The number of carboxylic acid groups (broad SMARTS) is 1. The van der Waals surface area contributed by atoms with Gasteiger partial charge in [-0.2, -0.15) is 0 Å². The minimum atomic E-state index is -1.71. The third kappa shape index (κ3) is 3.38. The Morgan fingerprint density at radius 2 is 1.72 bits per heavy atom. The van der Waals surface area contributed by atoms with Crippen LogP contribution in [0.15, 0.2) is 71.2 Å². The number of aliphatic carboxylic acids is 1. The summed E-state index contributed by atoms with van der Waals surface area (Å²) in [6.45, 7) is 0.195. The summed E-state index contributed by atoms with van der Waals surface area (Å²) in [6.07, 6.45) is -0.798. The predicted octanol–water partition coefficient (Wildman–Crippen LogP) is 4.80. The van der Waals surface area contributed by atoms with Crippen LogP contribution in [-0.2, 0) is 26.4 Å². The fraction of sp³-hybridized carbons (Fsp3) is 0.200. The molecule has 1 heterocycles. The molecule has 0 fully saturated rings. The second kappa shape index (κ2) is 8.07. The number of ether oxygens (including phenoxy) is 2. The lowest BCUT2D eigenvalue weighted by atomic mass is 9.85. The van der Waals surface area contributed by atoms with Gasteiger partial charge >= 0.3 is 12.1 Å². The zero-order valence-corrected chi connectivity index (χ0v) is 18.6. The molecule has 0 saturated heterocycles. The van der Waals surface area contributed by atoms with Crippen LogP contribution < -0.4 is 5.32 Å². The lowest BCUT2D eigenvalue weighted by molar-refractivity contribution is -0.149. The minimum Gasteiger partial charge on any atom is -0.479 e. The van der Waals surface area contributed by atoms with Gasteiger partial charge in [0.15, 0.2) is 5.54 Å². The number of hydrogen-bond donors (Lipinski definition) is 2. The van der Waals surface area contributed by atoms with Crippen molar-refractivity contribution in [2.75, 3.05) is 13.2 Å². The molecule has 0 bridgehead atoms. The minimum absolute atomic E-state index is 0.101. The monoisotopic (exact) mass is 493 g/mol. The van der Waals surface area contributed by atoms with E-state index in [1.54, 1.807) is 18.2 Å². The Morgan fingerprint density at radius 1 is 1.06 bits per heavy atom. The Balaban J connectivity index is 1.38. The van der Waals surface area contributed by atoms with Gasteiger partial charge in [-0.25, -0.2) is 9.59 Å². The summed E-state index contributed by atoms with van der Waals surface area (Å²) in [5.41, 5.74) is 3.91. The van der Waals surface area contributed by atoms with Crippen molar-refractivity contribution in [3.8, 4) is 11.1 Å². The first-order valence-corrected chi connectivity index (χ1v) is 11.0. The normalized spacial score (nSPS) is 18.9. The van der Waals surface area contributed by atoms with Crippen molar-refractivity contribution < 1.29 is 24.2 Å². The van der Waals surface area contributed by atoms with Gasteiger partial charge < -0.3 is 14.6 Å². The smallest absolute Gasteiger partial charge is 0.408 e. The molecule has 6 nitrogen and oxygen atoms in total. The number of fused-ring (bicyclic) bond motifs is 4. The molecule has 0 spiro atoms. The largest absolute Gasteiger partial charge is 0.479 e. The SMILES string of the molecule is O=C(NC1(C(=O)O)COCc2cc(Br)ccc21)OCC1c2ccccc2-c2ccccc21. The molecule has 7 heteroatoms. The average Bonchev–Trinajstić information content (AvgIpc) is 3.11. The summed E-state index contributed by atoms with van der Waals surface area (Å²) in [5, 5.41) is 12.6. The molecule has 3 aromatic rings. The third-order valence-electron chi connectivity index (χ3n) is 6.13. The van der Waals surface area contributed by atoms with Crippen molar-refractivity contribution in [3.05, 3.63) is 93.5 Å². The van der Waals surface area contributed by atoms with E-state index in [2.05, 4.69) is 33.4 Å². The molecule has 3 aromatic carbocycles. The van der Waals surface area contributed by atoms with Crippen molar-refractivity contribution >= 4 is 28.0 Å². The Bertz CT molecular complexity index is 1180. The Labute approximate surface area is 193 Å². The maximum absolute atomic E-state index is 12.8. The zero-order chi connectivity index (χ0) is 22.3. The Kier molecular flexibility index (Phi) is 5.23. The maximum atomic E-state index is 12.8. The molecule has 2 aliphatic rings. The van der Waals surface area contributed by atoms with E-state index in [4.69, 9.17) is 9.47 Å². The Morgan fingerprint density at radius 3 is 2.38 bits per heavy atom. The van der Waals surface area contributed by atoms with Crippen molar-refractivity contribution in [1.82, 2.24) is 5.32 Å². The van der Waals surface area contributed by atoms with Gasteiger partial charge in [0.05, 0.1) is 13.2 Å². The van der Waals surface area contributed by atoms with Gasteiger partial charge in [-0.1, -0.05) is 70.5 Å². The lowest BCUT2D eigenvalue weighted by Gasteiger charge is -2.35. The number of hydrogen-bond acceptors (Lipinski definition) is 4. The van der Waals surface area contributed by atoms with E-state index in [0.717, 1.165) is 26.7 Å². The van der Waals surface area contributed by atoms with E-state index in [1.165, 1.54) is 0 Å². The molecule has 1 amide bonds. The van der Waals surface area contributed by atoms with E-state index in [0.29, 0.717) is 11.1 Å². The highest BCUT2D eigenvalue weighted by atomic mass is 79.9. The van der Waals surface area contributed by atoms with Crippen molar-refractivity contribution in [2.45, 2.75) is 18.1 Å². The van der Waals surface area contributed by atoms with Gasteiger partial charge in [0, 0.05) is 10.4 Å². The molecule has 1 unspecified atom stereocenters. The van der Waals surface area contributed by atoms with E-state index >= 15 is 0 Å². The van der Waals surface area contributed by atoms with Crippen LogP contribution in [0.2, 0.25) is 0 Å². The topological polar surface area (TPSA) is 84.9 Å². The standard InChI is InChI=1S/C25H20BrNO5/c26-16-9-10-22-15(11-16)12-31-14-25(22,23(28)29)27-24(30)32-13-21-19-7-3-1-5-17(19)18-6-2-4-8-20(18)21/h1-11,21H,12-14H2,(H,27,30)(H,28,29). The second-order valence-electron chi connectivity index (χ2n) is 7.96. The summed E-state index contributed by atoms with van der Waals surface area (Å²) in [4.78, 5) is 25.1. The fourth-order valence-corrected chi connectivity index (χ4v) is 5.04. The first-order chi connectivity index (χ1) is 15.5. The van der Waals surface area contributed by atoms with Crippen LogP contribution in [0.25, 0.3) is 11.1 Å². The number of alkyl carbamates (subject to hydrolysis) is 1. The highest BCUT2D eigenvalue weighted by Crippen LogP contribution is 2.44. The highest BCUT2D eigenvalue weighted by molar-refractivity contribution is 9.10. The van der Waals surface area contributed by atoms with E-state index < -0.39 is 17.6 Å². The number of benzene rings is 3. The summed E-state index contributed by atoms with van der Waals surface area (Å²) < 4.78 is 11.9. The molecule has 2 N–H and O–H groups in total. The molecule has 0 aromatic heterocycles. The summed E-state index contributed by atoms with van der Waals surface area (Å²) in [7, 11) is 0. The lowest BCUT2D eigenvalue weighted by Crippen LogP contribution is -2.57. The zero-order valence-electron chi connectivity index (χ0n) is 17.0. The van der Waals surface area contributed by atoms with Crippen LogP contribution in [0.5, 0.6) is 0 Å². The molecule has 0 radical (unpaired) electrons. The van der Waals surface area contributed by atoms with Crippen molar-refractivity contribution in [1.29, 1.82) is 0 Å². The van der Waals surface area contributed by atoms with Gasteiger partial charge in [-0.05, 0) is 45.5 Å². The number of carbonyl (C=O) groups excluding carboxylic acids is 1.